The van der Waals surface area contributed by atoms with E-state index >= 15 is 0 Å². The molecule has 4 saturated heterocycles. The zero-order valence-electron chi connectivity index (χ0n) is 46.5. The van der Waals surface area contributed by atoms with Crippen molar-refractivity contribution in [2.24, 2.45) is 10.8 Å². The maximum atomic E-state index is 11.6. The highest BCUT2D eigenvalue weighted by Gasteiger charge is 2.52. The number of carbonyl (C=O) groups excluding carboxylic acids is 4. The Morgan fingerprint density at radius 2 is 0.896 bits per heavy atom. The summed E-state index contributed by atoms with van der Waals surface area (Å²) in [5, 5.41) is 0. The first-order chi connectivity index (χ1) is 30.3. The average molecular weight is 943 g/mol. The number of likely N-dealkylation sites (tertiary alicyclic amines) is 4. The average Bonchev–Trinajstić information content (AvgIpc) is 3.19. The molecular weight excluding hydrogens is 845 g/mol. The van der Waals surface area contributed by atoms with Crippen molar-refractivity contribution in [3.8, 4) is 0 Å². The zero-order chi connectivity index (χ0) is 52.5. The Labute approximate surface area is 409 Å². The number of rotatable bonds is 10. The molecule has 4 fully saturated rings. The van der Waals surface area contributed by atoms with E-state index in [1.165, 1.54) is 18.2 Å². The van der Waals surface area contributed by atoms with E-state index < -0.39 is 0 Å². The second kappa shape index (κ2) is 23.5. The second-order valence-corrected chi connectivity index (χ2v) is 23.8. The van der Waals surface area contributed by atoms with Gasteiger partial charge in [-0.05, 0) is 130 Å². The maximum absolute atomic E-state index is 11.6. The fraction of sp³-hybridized carbons (Fsp3) is 0.782. The van der Waals surface area contributed by atoms with Crippen molar-refractivity contribution in [2.75, 3.05) is 40.3 Å². The van der Waals surface area contributed by atoms with Gasteiger partial charge < -0.3 is 23.8 Å². The Morgan fingerprint density at radius 1 is 0.537 bits per heavy atom. The number of nitrogens with zero attached hydrogens (tertiary/aromatic N) is 4. The lowest BCUT2D eigenvalue weighted by Gasteiger charge is -2.56. The summed E-state index contributed by atoms with van der Waals surface area (Å²) < 4.78 is 21.9. The van der Waals surface area contributed by atoms with E-state index in [1.54, 1.807) is 6.92 Å². The van der Waals surface area contributed by atoms with Crippen molar-refractivity contribution < 1.29 is 38.1 Å². The molecule has 0 aromatic heterocycles. The van der Waals surface area contributed by atoms with Gasteiger partial charge in [-0.15, -0.1) is 0 Å². The van der Waals surface area contributed by atoms with Gasteiger partial charge in [-0.25, -0.2) is 19.2 Å². The van der Waals surface area contributed by atoms with Gasteiger partial charge in [0.25, 0.3) is 0 Å². The van der Waals surface area contributed by atoms with Crippen LogP contribution in [0.5, 0.6) is 0 Å². The van der Waals surface area contributed by atoms with Gasteiger partial charge in [0.15, 0.2) is 0 Å². The van der Waals surface area contributed by atoms with Crippen LogP contribution in [0.1, 0.15) is 170 Å². The fourth-order valence-electron chi connectivity index (χ4n) is 10.9. The highest BCUT2D eigenvalue weighted by Crippen LogP contribution is 2.46. The molecule has 0 aromatic rings. The van der Waals surface area contributed by atoms with Crippen LogP contribution in [0.15, 0.2) is 50.1 Å². The van der Waals surface area contributed by atoms with Crippen LogP contribution >= 0.6 is 0 Å². The van der Waals surface area contributed by atoms with Gasteiger partial charge in [-0.2, -0.15) is 0 Å². The Bertz CT molecular complexity index is 1700. The molecular formula is C55H98N4O8. The van der Waals surface area contributed by atoms with E-state index in [0.717, 1.165) is 64.7 Å². The van der Waals surface area contributed by atoms with Gasteiger partial charge >= 0.3 is 23.9 Å². The first-order valence-corrected chi connectivity index (χ1v) is 24.6. The summed E-state index contributed by atoms with van der Waals surface area (Å²) in [6, 6.07) is 0. The van der Waals surface area contributed by atoms with Crippen LogP contribution in [0.4, 0.5) is 0 Å². The van der Waals surface area contributed by atoms with Crippen LogP contribution in [0.3, 0.4) is 0 Å². The summed E-state index contributed by atoms with van der Waals surface area (Å²) in [7, 11) is 4.25. The maximum Gasteiger partial charge on any atom is 0.333 e. The van der Waals surface area contributed by atoms with Crippen LogP contribution in [-0.2, 0) is 38.1 Å². The lowest BCUT2D eigenvalue weighted by molar-refractivity contribution is -0.168. The highest BCUT2D eigenvalue weighted by atomic mass is 16.6. The lowest BCUT2D eigenvalue weighted by Crippen LogP contribution is -2.63. The van der Waals surface area contributed by atoms with Crippen molar-refractivity contribution in [3.63, 3.8) is 0 Å². The van der Waals surface area contributed by atoms with Crippen molar-refractivity contribution in [1.82, 2.24) is 19.6 Å². The van der Waals surface area contributed by atoms with E-state index in [4.69, 9.17) is 18.9 Å². The first-order valence-electron chi connectivity index (χ1n) is 24.6. The second-order valence-electron chi connectivity index (χ2n) is 23.8. The summed E-state index contributed by atoms with van der Waals surface area (Å²) in [6.45, 7) is 59.1. The quantitative estimate of drug-likeness (QED) is 0.118. The van der Waals surface area contributed by atoms with Crippen LogP contribution in [0, 0.1) is 10.8 Å². The predicted molar refractivity (Wildman–Crippen MR) is 275 cm³/mol. The van der Waals surface area contributed by atoms with E-state index in [-0.39, 0.29) is 92.4 Å². The van der Waals surface area contributed by atoms with Crippen molar-refractivity contribution in [2.45, 2.75) is 228 Å². The van der Waals surface area contributed by atoms with Crippen LogP contribution in [-0.4, -0.2) is 141 Å². The van der Waals surface area contributed by atoms with Gasteiger partial charge in [-0.3, -0.25) is 14.7 Å². The summed E-state index contributed by atoms with van der Waals surface area (Å²) >= 11 is 0. The third kappa shape index (κ3) is 15.3. The number of carbonyl (C=O) groups is 4. The van der Waals surface area contributed by atoms with Gasteiger partial charge in [0, 0.05) is 107 Å². The SMILES string of the molecule is C=C(C)C(=O)OC1CC(C)(C)N(C)C(C)(C)C1.C=CC(=O)OC1CC(C)(C)N(CC)C(C)(C)C1.C=CC(=O)OC1CCN(C)C(C)(C)C1(C)C.C=CC(=O)OC1CCN(CC)C(C)(C)C1(C)C. The van der Waals surface area contributed by atoms with Gasteiger partial charge in [0.1, 0.15) is 24.4 Å². The summed E-state index contributed by atoms with van der Waals surface area (Å²) in [5.74, 6) is -1.22. The van der Waals surface area contributed by atoms with Crippen LogP contribution < -0.4 is 0 Å². The third-order valence-electron chi connectivity index (χ3n) is 16.7. The van der Waals surface area contributed by atoms with Crippen molar-refractivity contribution >= 4 is 23.9 Å². The Kier molecular flexibility index (Phi) is 21.7. The molecule has 0 radical (unpaired) electrons. The third-order valence-corrected chi connectivity index (χ3v) is 16.7. The molecule has 0 aromatic carbocycles. The molecule has 0 aliphatic carbocycles. The number of hydrogen-bond donors (Lipinski definition) is 0. The number of esters is 4. The molecule has 67 heavy (non-hydrogen) atoms. The zero-order valence-corrected chi connectivity index (χ0v) is 46.5. The first kappa shape index (κ1) is 61.7. The number of piperidine rings is 4. The molecule has 2 unspecified atom stereocenters. The monoisotopic (exact) mass is 943 g/mol. The number of hydrogen-bond acceptors (Lipinski definition) is 12. The molecule has 0 N–H and O–H groups in total. The number of ether oxygens (including phenoxy) is 4. The Balaban J connectivity index is 0.000000447. The molecule has 2 atom stereocenters. The van der Waals surface area contributed by atoms with Gasteiger partial charge in [-0.1, -0.05) is 67.9 Å². The topological polar surface area (TPSA) is 118 Å². The minimum atomic E-state index is -0.321. The normalized spacial score (nSPS) is 26.1. The Hall–Kier alpha value is -3.32. The molecule has 0 saturated carbocycles. The van der Waals surface area contributed by atoms with Crippen LogP contribution in [0.2, 0.25) is 0 Å². The van der Waals surface area contributed by atoms with E-state index in [2.05, 4.69) is 185 Å². The largest absolute Gasteiger partial charge is 0.459 e. The molecule has 4 aliphatic heterocycles. The summed E-state index contributed by atoms with van der Waals surface area (Å²) in [6.07, 6.45) is 8.90. The molecule has 0 amide bonds. The fourth-order valence-corrected chi connectivity index (χ4v) is 10.9. The molecule has 4 heterocycles. The van der Waals surface area contributed by atoms with Gasteiger partial charge in [0.05, 0.1) is 0 Å². The molecule has 12 heteroatoms. The minimum Gasteiger partial charge on any atom is -0.459 e. The minimum absolute atomic E-state index is 0.00620. The molecule has 4 aliphatic rings. The van der Waals surface area contributed by atoms with Crippen molar-refractivity contribution in [1.29, 1.82) is 0 Å². The highest BCUT2D eigenvalue weighted by molar-refractivity contribution is 5.87. The van der Waals surface area contributed by atoms with E-state index in [9.17, 15) is 19.2 Å². The lowest BCUT2D eigenvalue weighted by atomic mass is 9.66. The Morgan fingerprint density at radius 3 is 1.27 bits per heavy atom. The van der Waals surface area contributed by atoms with Gasteiger partial charge in [0.2, 0.25) is 0 Å². The summed E-state index contributed by atoms with van der Waals surface area (Å²) in [5.41, 5.74) is 0.566. The van der Waals surface area contributed by atoms with E-state index in [1.807, 2.05) is 0 Å². The summed E-state index contributed by atoms with van der Waals surface area (Å²) in [4.78, 5) is 55.2. The van der Waals surface area contributed by atoms with E-state index in [0.29, 0.717) is 5.57 Å². The standard InChI is InChI=1S/3C14H25NO2.C13H23NO2/c1-10(2)12(16)17-11-8-13(3,4)15(7)14(5,6)9-11;1-7-12(16)17-11-9-13(3,4)15(8-2)14(5,6)10-11;1-7-12(16)17-11-9-10-15(8-2)14(5,6)13(11,3)4;1-7-11(15)16-10-8-9-14(6)13(4,5)12(10,2)3/h11H,1,8-9H2,2-7H3;2*7,11H,1,8-10H2,2-6H3;7,10H,1,8-9H2,2-6H3. The molecule has 0 spiro atoms. The molecule has 0 bridgehead atoms. The smallest absolute Gasteiger partial charge is 0.333 e. The molecule has 386 valence electrons. The molecule has 12 nitrogen and oxygen atoms in total. The predicted octanol–water partition coefficient (Wildman–Crippen LogP) is 10.4. The van der Waals surface area contributed by atoms with Crippen molar-refractivity contribution in [3.05, 3.63) is 50.1 Å². The van der Waals surface area contributed by atoms with Crippen LogP contribution in [0.25, 0.3) is 0 Å². The molecule has 4 rings (SSSR count).